The van der Waals surface area contributed by atoms with Crippen LogP contribution in [0.1, 0.15) is 15.9 Å². The molecular formula is C17H12N3O3S-. The van der Waals surface area contributed by atoms with Crippen molar-refractivity contribution >= 4 is 40.6 Å². The van der Waals surface area contributed by atoms with Crippen LogP contribution in [0, 0.1) is 0 Å². The van der Waals surface area contributed by atoms with Gasteiger partial charge < -0.3 is 9.90 Å². The first kappa shape index (κ1) is 15.9. The van der Waals surface area contributed by atoms with Crippen molar-refractivity contribution in [1.82, 2.24) is 9.88 Å². The second kappa shape index (κ2) is 6.67. The van der Waals surface area contributed by atoms with Crippen LogP contribution in [0.3, 0.4) is 0 Å². The second-order valence-electron chi connectivity index (χ2n) is 4.99. The Balaban J connectivity index is 1.90. The molecule has 0 bridgehead atoms. The Bertz CT molecular complexity index is 862. The van der Waals surface area contributed by atoms with E-state index in [2.05, 4.69) is 9.98 Å². The third kappa shape index (κ3) is 3.36. The maximum atomic E-state index is 12.3. The van der Waals surface area contributed by atoms with Gasteiger partial charge in [0.2, 0.25) is 0 Å². The lowest BCUT2D eigenvalue weighted by Crippen LogP contribution is -2.23. The molecule has 0 aliphatic carbocycles. The number of amides is 1. The fourth-order valence-electron chi connectivity index (χ4n) is 2.08. The minimum absolute atomic E-state index is 0.0416. The number of aromatic carboxylic acids is 1. The summed E-state index contributed by atoms with van der Waals surface area (Å²) in [5.41, 5.74) is 1.31. The Morgan fingerprint density at radius 2 is 2.17 bits per heavy atom. The van der Waals surface area contributed by atoms with Gasteiger partial charge in [-0.3, -0.25) is 14.7 Å². The first-order valence-electron chi connectivity index (χ1n) is 7.02. The molecule has 3 rings (SSSR count). The maximum Gasteiger partial charge on any atom is 0.266 e. The summed E-state index contributed by atoms with van der Waals surface area (Å²) in [5, 5.41) is 11.4. The molecule has 0 unspecified atom stereocenters. The van der Waals surface area contributed by atoms with Crippen LogP contribution in [0.2, 0.25) is 0 Å². The van der Waals surface area contributed by atoms with E-state index in [0.29, 0.717) is 15.8 Å². The number of benzene rings is 1. The molecule has 1 aromatic heterocycles. The zero-order valence-corrected chi connectivity index (χ0v) is 13.5. The number of aliphatic imine (C=N–C) groups is 1. The fourth-order valence-corrected chi connectivity index (χ4v) is 3.06. The highest BCUT2D eigenvalue weighted by Gasteiger charge is 2.30. The number of carboxylic acid groups (broad SMARTS) is 1. The van der Waals surface area contributed by atoms with Gasteiger partial charge in [-0.2, -0.15) is 0 Å². The lowest BCUT2D eigenvalue weighted by Gasteiger charge is -2.08. The van der Waals surface area contributed by atoms with Crippen LogP contribution >= 0.6 is 11.8 Å². The summed E-state index contributed by atoms with van der Waals surface area (Å²) in [5.74, 6) is -1.43. The molecule has 0 radical (unpaired) electrons. The molecular weight excluding hydrogens is 326 g/mol. The van der Waals surface area contributed by atoms with Crippen molar-refractivity contribution < 1.29 is 14.7 Å². The van der Waals surface area contributed by atoms with Crippen LogP contribution in [-0.4, -0.2) is 34.0 Å². The Morgan fingerprint density at radius 3 is 2.88 bits per heavy atom. The number of rotatable bonds is 3. The van der Waals surface area contributed by atoms with E-state index in [1.165, 1.54) is 28.8 Å². The van der Waals surface area contributed by atoms with E-state index >= 15 is 0 Å². The van der Waals surface area contributed by atoms with Crippen LogP contribution in [0.25, 0.3) is 6.08 Å². The lowest BCUT2D eigenvalue weighted by molar-refractivity contribution is -0.255. The summed E-state index contributed by atoms with van der Waals surface area (Å²) in [6.45, 7) is 0. The van der Waals surface area contributed by atoms with E-state index in [1.54, 1.807) is 43.7 Å². The number of nitrogens with zero attached hydrogens (tertiary/aromatic N) is 3. The van der Waals surface area contributed by atoms with Gasteiger partial charge in [-0.25, -0.2) is 4.99 Å². The molecule has 24 heavy (non-hydrogen) atoms. The van der Waals surface area contributed by atoms with Crippen molar-refractivity contribution in [2.45, 2.75) is 0 Å². The minimum atomic E-state index is -1.27. The normalized spacial score (nSPS) is 17.7. The molecule has 6 nitrogen and oxygen atoms in total. The molecule has 1 aliphatic rings. The third-order valence-corrected chi connectivity index (χ3v) is 4.35. The number of carbonyl (C=O) groups excluding carboxylic acids is 2. The van der Waals surface area contributed by atoms with E-state index < -0.39 is 5.97 Å². The number of pyridine rings is 1. The molecule has 1 aliphatic heterocycles. The van der Waals surface area contributed by atoms with Gasteiger partial charge in [0, 0.05) is 19.4 Å². The van der Waals surface area contributed by atoms with Crippen molar-refractivity contribution in [2.75, 3.05) is 7.05 Å². The molecule has 120 valence electrons. The summed E-state index contributed by atoms with van der Waals surface area (Å²) in [6, 6.07) is 9.74. The van der Waals surface area contributed by atoms with Gasteiger partial charge in [0.25, 0.3) is 5.91 Å². The highest BCUT2D eigenvalue weighted by atomic mass is 32.2. The Morgan fingerprint density at radius 1 is 1.33 bits per heavy atom. The SMILES string of the molecule is CN1C(=O)/C(=C/c2cccnc2)SC1=Nc1cccc(C(=O)[O-])c1. The van der Waals surface area contributed by atoms with Crippen LogP contribution in [-0.2, 0) is 4.79 Å². The van der Waals surface area contributed by atoms with Crippen molar-refractivity contribution in [3.63, 3.8) is 0 Å². The predicted octanol–water partition coefficient (Wildman–Crippen LogP) is 1.68. The molecule has 7 heteroatoms. The van der Waals surface area contributed by atoms with E-state index in [-0.39, 0.29) is 11.5 Å². The minimum Gasteiger partial charge on any atom is -0.545 e. The van der Waals surface area contributed by atoms with Crippen molar-refractivity contribution in [2.24, 2.45) is 4.99 Å². The topological polar surface area (TPSA) is 85.7 Å². The summed E-state index contributed by atoms with van der Waals surface area (Å²) in [4.78, 5) is 33.6. The fraction of sp³-hybridized carbons (Fsp3) is 0.0588. The van der Waals surface area contributed by atoms with Crippen LogP contribution in [0.15, 0.2) is 58.7 Å². The van der Waals surface area contributed by atoms with Gasteiger partial charge >= 0.3 is 0 Å². The van der Waals surface area contributed by atoms with Crippen molar-refractivity contribution in [1.29, 1.82) is 0 Å². The molecule has 2 aromatic rings. The number of hydrogen-bond acceptors (Lipinski definition) is 6. The number of likely N-dealkylation sites (N-methyl/N-ethyl adjacent to an activating group) is 1. The Hall–Kier alpha value is -2.93. The third-order valence-electron chi connectivity index (χ3n) is 3.29. The smallest absolute Gasteiger partial charge is 0.266 e. The lowest BCUT2D eigenvalue weighted by atomic mass is 10.2. The standard InChI is InChI=1S/C17H13N3O3S/c1-20-15(21)14(8-11-4-3-7-18-10-11)24-17(20)19-13-6-2-5-12(9-13)16(22)23/h2-10H,1H3,(H,22,23)/p-1/b14-8-,19-17?. The van der Waals surface area contributed by atoms with Gasteiger partial charge in [-0.05, 0) is 47.2 Å². The summed E-state index contributed by atoms with van der Waals surface area (Å²) < 4.78 is 0. The van der Waals surface area contributed by atoms with Crippen LogP contribution in [0.4, 0.5) is 5.69 Å². The molecule has 0 atom stereocenters. The number of carboxylic acids is 1. The zero-order valence-electron chi connectivity index (χ0n) is 12.7. The van der Waals surface area contributed by atoms with Crippen molar-refractivity contribution in [3.8, 4) is 0 Å². The molecule has 1 saturated heterocycles. The largest absolute Gasteiger partial charge is 0.545 e. The number of aromatic nitrogens is 1. The molecule has 0 spiro atoms. The molecule has 0 saturated carbocycles. The Labute approximate surface area is 142 Å². The highest BCUT2D eigenvalue weighted by molar-refractivity contribution is 8.18. The van der Waals surface area contributed by atoms with Crippen LogP contribution < -0.4 is 5.11 Å². The Kier molecular flexibility index (Phi) is 4.43. The van der Waals surface area contributed by atoms with Gasteiger partial charge in [0.05, 0.1) is 16.6 Å². The molecule has 2 heterocycles. The van der Waals surface area contributed by atoms with E-state index in [4.69, 9.17) is 0 Å². The van der Waals surface area contributed by atoms with E-state index in [0.717, 1.165) is 5.56 Å². The first-order chi connectivity index (χ1) is 11.5. The number of carbonyl (C=O) groups is 2. The summed E-state index contributed by atoms with van der Waals surface area (Å²) >= 11 is 1.23. The molecule has 1 aromatic carbocycles. The monoisotopic (exact) mass is 338 g/mol. The van der Waals surface area contributed by atoms with E-state index in [1.807, 2.05) is 6.07 Å². The quantitative estimate of drug-likeness (QED) is 0.795. The number of thioether (sulfide) groups is 1. The van der Waals surface area contributed by atoms with Gasteiger partial charge in [0.15, 0.2) is 5.17 Å². The first-order valence-corrected chi connectivity index (χ1v) is 7.84. The van der Waals surface area contributed by atoms with E-state index in [9.17, 15) is 14.7 Å². The number of amidine groups is 1. The molecule has 1 fully saturated rings. The average Bonchev–Trinajstić information content (AvgIpc) is 2.84. The summed E-state index contributed by atoms with van der Waals surface area (Å²) in [7, 11) is 1.63. The highest BCUT2D eigenvalue weighted by Crippen LogP contribution is 2.33. The van der Waals surface area contributed by atoms with Crippen molar-refractivity contribution in [3.05, 3.63) is 64.8 Å². The van der Waals surface area contributed by atoms with Gasteiger partial charge in [-0.15, -0.1) is 0 Å². The van der Waals surface area contributed by atoms with Gasteiger partial charge in [0.1, 0.15) is 0 Å². The predicted molar refractivity (Wildman–Crippen MR) is 90.4 cm³/mol. The maximum absolute atomic E-state index is 12.3. The zero-order chi connectivity index (χ0) is 17.1. The van der Waals surface area contributed by atoms with Gasteiger partial charge in [-0.1, -0.05) is 18.2 Å². The second-order valence-corrected chi connectivity index (χ2v) is 6.00. The molecule has 0 N–H and O–H groups in total. The average molecular weight is 338 g/mol. The summed E-state index contributed by atoms with van der Waals surface area (Å²) in [6.07, 6.45) is 5.07. The van der Waals surface area contributed by atoms with Crippen LogP contribution in [0.5, 0.6) is 0 Å². The molecule has 1 amide bonds. The number of hydrogen-bond donors (Lipinski definition) is 0.